The van der Waals surface area contributed by atoms with E-state index in [4.69, 9.17) is 4.74 Å². The van der Waals surface area contributed by atoms with Gasteiger partial charge in [0.25, 0.3) is 0 Å². The average molecular weight is 321 g/mol. The lowest BCUT2D eigenvalue weighted by Crippen LogP contribution is -2.15. The van der Waals surface area contributed by atoms with Crippen LogP contribution in [0.3, 0.4) is 0 Å². The quantitative estimate of drug-likeness (QED) is 0.653. The van der Waals surface area contributed by atoms with Gasteiger partial charge in [-0.05, 0) is 42.3 Å². The number of hydrogen-bond donors (Lipinski definition) is 0. The molecule has 3 rings (SSSR count). The lowest BCUT2D eigenvalue weighted by atomic mass is 9.93. The topological polar surface area (TPSA) is 57.0 Å². The molecular formula is C19H19N3O2. The van der Waals surface area contributed by atoms with Crippen LogP contribution in [0.2, 0.25) is 0 Å². The Kier molecular flexibility index (Phi) is 4.70. The first-order valence-electron chi connectivity index (χ1n) is 7.80. The van der Waals surface area contributed by atoms with Gasteiger partial charge in [-0.1, -0.05) is 13.0 Å². The highest BCUT2D eigenvalue weighted by molar-refractivity contribution is 5.98. The maximum absolute atomic E-state index is 12.8. The number of ether oxygens (including phenoxy) is 1. The molecule has 1 unspecified atom stereocenters. The molecule has 1 atom stereocenters. The fourth-order valence-corrected chi connectivity index (χ4v) is 2.68. The number of carbonyl (C=O) groups excluding carboxylic acids is 1. The van der Waals surface area contributed by atoms with Gasteiger partial charge in [0.2, 0.25) is 0 Å². The summed E-state index contributed by atoms with van der Waals surface area (Å²) in [6, 6.07) is 11.1. The molecule has 0 saturated carbocycles. The molecule has 0 aliphatic heterocycles. The standard InChI is InChI=1S/C19H19N3O2/c1-14(11-15-5-3-8-20-13-15)19(23)16-6-7-18(24-2)17(12-16)22-10-4-9-21-22/h3-10,12-14H,11H2,1-2H3. The van der Waals surface area contributed by atoms with E-state index in [9.17, 15) is 4.79 Å². The predicted octanol–water partition coefficient (Wildman–Crippen LogP) is 3.34. The van der Waals surface area contributed by atoms with Crippen LogP contribution in [0.4, 0.5) is 0 Å². The van der Waals surface area contributed by atoms with Crippen LogP contribution in [0.1, 0.15) is 22.8 Å². The smallest absolute Gasteiger partial charge is 0.166 e. The number of benzene rings is 1. The van der Waals surface area contributed by atoms with Gasteiger partial charge in [0.05, 0.1) is 7.11 Å². The van der Waals surface area contributed by atoms with Crippen LogP contribution in [-0.2, 0) is 6.42 Å². The Morgan fingerprint density at radius 3 is 2.79 bits per heavy atom. The molecule has 2 heterocycles. The zero-order chi connectivity index (χ0) is 16.9. The number of hydrogen-bond acceptors (Lipinski definition) is 4. The lowest BCUT2D eigenvalue weighted by molar-refractivity contribution is 0.0929. The van der Waals surface area contributed by atoms with Crippen molar-refractivity contribution in [2.45, 2.75) is 13.3 Å². The van der Waals surface area contributed by atoms with Gasteiger partial charge in [0.1, 0.15) is 11.4 Å². The summed E-state index contributed by atoms with van der Waals surface area (Å²) in [6.07, 6.45) is 7.71. The predicted molar refractivity (Wildman–Crippen MR) is 91.6 cm³/mol. The zero-order valence-corrected chi connectivity index (χ0v) is 13.7. The molecule has 3 aromatic rings. The van der Waals surface area contributed by atoms with Crippen molar-refractivity contribution in [1.29, 1.82) is 0 Å². The fraction of sp³-hybridized carbons (Fsp3) is 0.211. The summed E-state index contributed by atoms with van der Waals surface area (Å²) in [5, 5.41) is 4.23. The van der Waals surface area contributed by atoms with E-state index in [0.717, 1.165) is 11.3 Å². The monoisotopic (exact) mass is 321 g/mol. The van der Waals surface area contributed by atoms with Crippen LogP contribution in [0, 0.1) is 5.92 Å². The summed E-state index contributed by atoms with van der Waals surface area (Å²) in [5.74, 6) is 0.637. The summed E-state index contributed by atoms with van der Waals surface area (Å²) in [4.78, 5) is 16.9. The zero-order valence-electron chi connectivity index (χ0n) is 13.7. The van der Waals surface area contributed by atoms with E-state index in [2.05, 4.69) is 10.1 Å². The number of methoxy groups -OCH3 is 1. The van der Waals surface area contributed by atoms with Crippen LogP contribution in [-0.4, -0.2) is 27.7 Å². The number of Topliss-reactive ketones (excluding diaryl/α,β-unsaturated/α-hetero) is 1. The normalized spacial score (nSPS) is 11.9. The Labute approximate surface area is 140 Å². The van der Waals surface area contributed by atoms with Gasteiger partial charge in [-0.3, -0.25) is 9.78 Å². The minimum Gasteiger partial charge on any atom is -0.494 e. The third kappa shape index (κ3) is 3.35. The second-order valence-corrected chi connectivity index (χ2v) is 5.67. The molecule has 24 heavy (non-hydrogen) atoms. The third-order valence-corrected chi connectivity index (χ3v) is 3.93. The summed E-state index contributed by atoms with van der Waals surface area (Å²) < 4.78 is 7.08. The maximum Gasteiger partial charge on any atom is 0.166 e. The molecule has 0 bridgehead atoms. The molecule has 0 spiro atoms. The van der Waals surface area contributed by atoms with E-state index >= 15 is 0 Å². The van der Waals surface area contributed by atoms with Gasteiger partial charge < -0.3 is 4.74 Å². The summed E-state index contributed by atoms with van der Waals surface area (Å²) in [5.41, 5.74) is 2.46. The van der Waals surface area contributed by atoms with Crippen LogP contribution < -0.4 is 4.74 Å². The number of pyridine rings is 1. The Balaban J connectivity index is 1.86. The number of rotatable bonds is 6. The van der Waals surface area contributed by atoms with E-state index in [-0.39, 0.29) is 11.7 Å². The lowest BCUT2D eigenvalue weighted by Gasteiger charge is -2.13. The number of aromatic nitrogens is 3. The fourth-order valence-electron chi connectivity index (χ4n) is 2.68. The molecule has 0 amide bonds. The highest BCUT2D eigenvalue weighted by Crippen LogP contribution is 2.25. The minimum absolute atomic E-state index is 0.0925. The van der Waals surface area contributed by atoms with Gasteiger partial charge >= 0.3 is 0 Å². The van der Waals surface area contributed by atoms with Crippen molar-refractivity contribution in [1.82, 2.24) is 14.8 Å². The van der Waals surface area contributed by atoms with Crippen LogP contribution in [0.5, 0.6) is 5.75 Å². The SMILES string of the molecule is COc1ccc(C(=O)C(C)Cc2cccnc2)cc1-n1cccn1. The molecule has 0 saturated heterocycles. The van der Waals surface area contributed by atoms with Gasteiger partial charge in [-0.2, -0.15) is 5.10 Å². The molecule has 1 aromatic carbocycles. The Bertz CT molecular complexity index is 814. The minimum atomic E-state index is -0.131. The summed E-state index contributed by atoms with van der Waals surface area (Å²) in [6.45, 7) is 1.94. The Hall–Kier alpha value is -2.95. The number of nitrogens with zero attached hydrogens (tertiary/aromatic N) is 3. The molecule has 122 valence electrons. The van der Waals surface area contributed by atoms with Crippen molar-refractivity contribution in [3.8, 4) is 11.4 Å². The van der Waals surface area contributed by atoms with Crippen molar-refractivity contribution in [3.05, 3.63) is 72.3 Å². The van der Waals surface area contributed by atoms with Crippen molar-refractivity contribution in [2.24, 2.45) is 5.92 Å². The molecular weight excluding hydrogens is 302 g/mol. The van der Waals surface area contributed by atoms with Gasteiger partial charge in [0.15, 0.2) is 5.78 Å². The van der Waals surface area contributed by atoms with Crippen molar-refractivity contribution < 1.29 is 9.53 Å². The highest BCUT2D eigenvalue weighted by atomic mass is 16.5. The summed E-state index contributed by atoms with van der Waals surface area (Å²) in [7, 11) is 1.61. The van der Waals surface area contributed by atoms with E-state index in [1.807, 2.05) is 37.4 Å². The van der Waals surface area contributed by atoms with Crippen LogP contribution >= 0.6 is 0 Å². The maximum atomic E-state index is 12.8. The van der Waals surface area contributed by atoms with E-state index in [1.165, 1.54) is 0 Å². The first-order valence-corrected chi connectivity index (χ1v) is 7.80. The van der Waals surface area contributed by atoms with Gasteiger partial charge in [-0.15, -0.1) is 0 Å². The van der Waals surface area contributed by atoms with E-state index < -0.39 is 0 Å². The Morgan fingerprint density at radius 2 is 2.12 bits per heavy atom. The molecule has 0 fully saturated rings. The highest BCUT2D eigenvalue weighted by Gasteiger charge is 2.18. The number of ketones is 1. The van der Waals surface area contributed by atoms with Gasteiger partial charge in [-0.25, -0.2) is 4.68 Å². The Morgan fingerprint density at radius 1 is 1.25 bits per heavy atom. The van der Waals surface area contributed by atoms with Crippen LogP contribution in [0.25, 0.3) is 5.69 Å². The molecule has 0 N–H and O–H groups in total. The molecule has 0 aliphatic carbocycles. The molecule has 0 aliphatic rings. The molecule has 0 radical (unpaired) electrons. The average Bonchev–Trinajstić information content (AvgIpc) is 3.16. The van der Waals surface area contributed by atoms with Crippen molar-refractivity contribution in [3.63, 3.8) is 0 Å². The largest absolute Gasteiger partial charge is 0.494 e. The van der Waals surface area contributed by atoms with Gasteiger partial charge in [0, 0.05) is 36.3 Å². The van der Waals surface area contributed by atoms with E-state index in [0.29, 0.717) is 17.7 Å². The first kappa shape index (κ1) is 15.9. The molecule has 5 nitrogen and oxygen atoms in total. The first-order chi connectivity index (χ1) is 11.7. The number of carbonyl (C=O) groups is 1. The second kappa shape index (κ2) is 7.08. The van der Waals surface area contributed by atoms with Crippen LogP contribution in [0.15, 0.2) is 61.2 Å². The third-order valence-electron chi connectivity index (χ3n) is 3.93. The second-order valence-electron chi connectivity index (χ2n) is 5.67. The van der Waals surface area contributed by atoms with Crippen molar-refractivity contribution in [2.75, 3.05) is 7.11 Å². The van der Waals surface area contributed by atoms with Crippen molar-refractivity contribution >= 4 is 5.78 Å². The van der Waals surface area contributed by atoms with E-state index in [1.54, 1.807) is 42.5 Å². The molecule has 5 heteroatoms. The molecule has 2 aromatic heterocycles. The summed E-state index contributed by atoms with van der Waals surface area (Å²) >= 11 is 0.